The van der Waals surface area contributed by atoms with Gasteiger partial charge in [-0.2, -0.15) is 4.98 Å². The fourth-order valence-corrected chi connectivity index (χ4v) is 3.23. The van der Waals surface area contributed by atoms with Crippen molar-refractivity contribution in [1.82, 2.24) is 9.97 Å². The van der Waals surface area contributed by atoms with E-state index < -0.39 is 0 Å². The Balaban J connectivity index is 1.84. The Morgan fingerprint density at radius 2 is 2.14 bits per heavy atom. The van der Waals surface area contributed by atoms with Gasteiger partial charge in [-0.25, -0.2) is 4.98 Å². The zero-order chi connectivity index (χ0) is 15.1. The molecule has 0 aliphatic carbocycles. The van der Waals surface area contributed by atoms with Crippen LogP contribution < -0.4 is 10.5 Å². The van der Waals surface area contributed by atoms with Crippen LogP contribution in [0.25, 0.3) is 21.2 Å². The van der Waals surface area contributed by atoms with Crippen LogP contribution in [-0.2, 0) is 0 Å². The van der Waals surface area contributed by atoms with Crippen LogP contribution in [0.5, 0.6) is 0 Å². The summed E-state index contributed by atoms with van der Waals surface area (Å²) >= 11 is 1.39. The molecule has 0 unspecified atom stereocenters. The largest absolute Gasteiger partial charge is 0.464 e. The van der Waals surface area contributed by atoms with Crippen LogP contribution in [0.2, 0.25) is 0 Å². The Morgan fingerprint density at radius 3 is 3.05 bits per heavy atom. The van der Waals surface area contributed by atoms with Gasteiger partial charge in [0.2, 0.25) is 0 Å². The second-order valence-electron chi connectivity index (χ2n) is 4.86. The molecule has 22 heavy (non-hydrogen) atoms. The van der Waals surface area contributed by atoms with Gasteiger partial charge in [0.25, 0.3) is 5.56 Å². The molecule has 3 heterocycles. The van der Waals surface area contributed by atoms with Gasteiger partial charge in [0.1, 0.15) is 10.4 Å². The van der Waals surface area contributed by atoms with E-state index in [1.807, 2.05) is 36.2 Å². The molecule has 1 aromatic carbocycles. The van der Waals surface area contributed by atoms with E-state index in [0.717, 1.165) is 16.7 Å². The highest BCUT2D eigenvalue weighted by molar-refractivity contribution is 7.21. The molecular weight excluding hydrogens is 298 g/mol. The Kier molecular flexibility index (Phi) is 2.90. The van der Waals surface area contributed by atoms with Crippen molar-refractivity contribution in [3.8, 4) is 0 Å². The number of benzene rings is 1. The lowest BCUT2D eigenvalue weighted by Crippen LogP contribution is -2.15. The van der Waals surface area contributed by atoms with Crippen LogP contribution in [0.15, 0.2) is 58.1 Å². The van der Waals surface area contributed by atoms with Crippen LogP contribution in [0.4, 0.5) is 10.8 Å². The summed E-state index contributed by atoms with van der Waals surface area (Å²) in [5, 5.41) is 2.17. The summed E-state index contributed by atoms with van der Waals surface area (Å²) < 4.78 is 5.34. The van der Waals surface area contributed by atoms with Crippen molar-refractivity contribution in [1.29, 1.82) is 0 Å². The summed E-state index contributed by atoms with van der Waals surface area (Å²) in [4.78, 5) is 23.1. The average molecular weight is 309 g/mol. The van der Waals surface area contributed by atoms with Crippen molar-refractivity contribution in [3.63, 3.8) is 0 Å². The van der Waals surface area contributed by atoms with Gasteiger partial charge in [-0.1, -0.05) is 11.3 Å². The smallest absolute Gasteiger partial charge is 0.282 e. The zero-order valence-electron chi connectivity index (χ0n) is 11.7. The minimum atomic E-state index is -0.256. The van der Waals surface area contributed by atoms with Crippen molar-refractivity contribution in [2.24, 2.45) is 0 Å². The van der Waals surface area contributed by atoms with E-state index in [2.05, 4.69) is 9.97 Å². The summed E-state index contributed by atoms with van der Waals surface area (Å²) in [5.74, 6) is 0. The quantitative estimate of drug-likeness (QED) is 0.566. The standard InChI is InChI=1S/C16H11N3O2S/c1-19(11-4-5-13-10(9-11)6-8-21-13)16-18-14(20)12-3-2-7-17-15(12)22-16/h2-9H,1H3. The first-order valence-electron chi connectivity index (χ1n) is 6.69. The lowest BCUT2D eigenvalue weighted by molar-refractivity contribution is 0.616. The van der Waals surface area contributed by atoms with Crippen molar-refractivity contribution in [2.75, 3.05) is 11.9 Å². The molecule has 108 valence electrons. The fraction of sp³-hybridized carbons (Fsp3) is 0.0625. The van der Waals surface area contributed by atoms with E-state index >= 15 is 0 Å². The zero-order valence-corrected chi connectivity index (χ0v) is 12.5. The van der Waals surface area contributed by atoms with Gasteiger partial charge in [-0.3, -0.25) is 4.79 Å². The Morgan fingerprint density at radius 1 is 1.23 bits per heavy atom. The predicted octanol–water partition coefficient (Wildman–Crippen LogP) is 3.57. The van der Waals surface area contributed by atoms with Gasteiger partial charge in [0, 0.05) is 24.3 Å². The first kappa shape index (κ1) is 13.0. The Bertz CT molecular complexity index is 1040. The van der Waals surface area contributed by atoms with Crippen LogP contribution in [0.3, 0.4) is 0 Å². The number of aromatic nitrogens is 2. The topological polar surface area (TPSA) is 59.2 Å². The number of hydrogen-bond acceptors (Lipinski definition) is 6. The Hall–Kier alpha value is -2.73. The molecular formula is C16H11N3O2S. The minimum Gasteiger partial charge on any atom is -0.464 e. The summed E-state index contributed by atoms with van der Waals surface area (Å²) in [6.07, 6.45) is 3.34. The number of rotatable bonds is 2. The van der Waals surface area contributed by atoms with Gasteiger partial charge < -0.3 is 9.32 Å². The van der Waals surface area contributed by atoms with Crippen LogP contribution in [0, 0.1) is 0 Å². The lowest BCUT2D eigenvalue weighted by atomic mass is 10.2. The highest BCUT2D eigenvalue weighted by Gasteiger charge is 2.11. The SMILES string of the molecule is CN(c1ccc2occc2c1)c1nc(=O)c2cccnc2s1. The molecule has 0 saturated carbocycles. The third-order valence-corrected chi connectivity index (χ3v) is 4.56. The number of furan rings is 1. The lowest BCUT2D eigenvalue weighted by Gasteiger charge is -2.17. The first-order chi connectivity index (χ1) is 10.7. The number of nitrogens with zero attached hydrogens (tertiary/aromatic N) is 3. The van der Waals surface area contributed by atoms with E-state index in [0.29, 0.717) is 15.3 Å². The van der Waals surface area contributed by atoms with Crippen molar-refractivity contribution in [2.45, 2.75) is 0 Å². The van der Waals surface area contributed by atoms with E-state index in [1.165, 1.54) is 11.3 Å². The molecule has 6 heteroatoms. The normalized spacial score (nSPS) is 11.1. The van der Waals surface area contributed by atoms with E-state index in [4.69, 9.17) is 4.42 Å². The maximum Gasteiger partial charge on any atom is 0.282 e. The molecule has 5 nitrogen and oxygen atoms in total. The van der Waals surface area contributed by atoms with E-state index in [1.54, 1.807) is 24.6 Å². The molecule has 0 radical (unpaired) electrons. The highest BCUT2D eigenvalue weighted by Crippen LogP contribution is 2.29. The van der Waals surface area contributed by atoms with Crippen molar-refractivity contribution < 1.29 is 4.42 Å². The van der Waals surface area contributed by atoms with Crippen LogP contribution in [-0.4, -0.2) is 17.0 Å². The number of hydrogen-bond donors (Lipinski definition) is 0. The molecule has 0 fully saturated rings. The van der Waals surface area contributed by atoms with Crippen LogP contribution >= 0.6 is 11.3 Å². The van der Waals surface area contributed by atoms with Gasteiger partial charge in [0.05, 0.1) is 11.6 Å². The molecule has 0 atom stereocenters. The third kappa shape index (κ3) is 2.05. The maximum absolute atomic E-state index is 12.1. The monoisotopic (exact) mass is 309 g/mol. The number of fused-ring (bicyclic) bond motifs is 2. The van der Waals surface area contributed by atoms with Gasteiger partial charge in [-0.15, -0.1) is 0 Å². The molecule has 0 aliphatic heterocycles. The second kappa shape index (κ2) is 4.92. The van der Waals surface area contributed by atoms with E-state index in [9.17, 15) is 4.79 Å². The number of anilines is 2. The molecule has 0 saturated heterocycles. The molecule has 4 rings (SSSR count). The molecule has 0 bridgehead atoms. The van der Waals surface area contributed by atoms with Gasteiger partial charge in [-0.05, 0) is 36.4 Å². The molecule has 0 spiro atoms. The van der Waals surface area contributed by atoms with Gasteiger partial charge >= 0.3 is 0 Å². The van der Waals surface area contributed by atoms with Crippen molar-refractivity contribution >= 4 is 43.3 Å². The molecule has 3 aromatic heterocycles. The molecule has 4 aromatic rings. The van der Waals surface area contributed by atoms with Crippen LogP contribution in [0.1, 0.15) is 0 Å². The summed E-state index contributed by atoms with van der Waals surface area (Å²) in [5.41, 5.74) is 1.51. The summed E-state index contributed by atoms with van der Waals surface area (Å²) in [6.45, 7) is 0. The Labute approximate surface area is 129 Å². The fourth-order valence-electron chi connectivity index (χ4n) is 2.31. The second-order valence-corrected chi connectivity index (χ2v) is 5.82. The average Bonchev–Trinajstić information content (AvgIpc) is 3.01. The van der Waals surface area contributed by atoms with Crippen molar-refractivity contribution in [3.05, 3.63) is 59.2 Å². The summed E-state index contributed by atoms with van der Waals surface area (Å²) in [6, 6.07) is 11.2. The van der Waals surface area contributed by atoms with E-state index in [-0.39, 0.29) is 5.56 Å². The van der Waals surface area contributed by atoms with Gasteiger partial charge in [0.15, 0.2) is 5.13 Å². The molecule has 0 aliphatic rings. The first-order valence-corrected chi connectivity index (χ1v) is 7.51. The molecule has 0 amide bonds. The molecule has 0 N–H and O–H groups in total. The maximum atomic E-state index is 12.1. The minimum absolute atomic E-state index is 0.256. The highest BCUT2D eigenvalue weighted by atomic mass is 32.1. The number of pyridine rings is 1. The predicted molar refractivity (Wildman–Crippen MR) is 88.0 cm³/mol. The third-order valence-electron chi connectivity index (χ3n) is 3.50. The summed E-state index contributed by atoms with van der Waals surface area (Å²) in [7, 11) is 1.88.